The quantitative estimate of drug-likeness (QED) is 0.580. The van der Waals surface area contributed by atoms with Gasteiger partial charge in [0.25, 0.3) is 0 Å². The van der Waals surface area contributed by atoms with Crippen molar-refractivity contribution in [1.82, 2.24) is 20.2 Å². The summed E-state index contributed by atoms with van der Waals surface area (Å²) in [7, 11) is 0. The van der Waals surface area contributed by atoms with Gasteiger partial charge < -0.3 is 11.5 Å². The lowest BCUT2D eigenvalue weighted by molar-refractivity contribution is 0.628. The summed E-state index contributed by atoms with van der Waals surface area (Å²) in [6, 6.07) is 15.6. The van der Waals surface area contributed by atoms with Gasteiger partial charge in [-0.1, -0.05) is 24.3 Å². The number of nitrogen functional groups attached to an aromatic ring is 2. The van der Waals surface area contributed by atoms with Crippen molar-refractivity contribution in [2.45, 2.75) is 0 Å². The maximum Gasteiger partial charge on any atom is 0.146 e. The van der Waals surface area contributed by atoms with Crippen LogP contribution < -0.4 is 11.5 Å². The van der Waals surface area contributed by atoms with Gasteiger partial charge >= 0.3 is 0 Å². The Balaban J connectivity index is 1.91. The number of anilines is 2. The van der Waals surface area contributed by atoms with Crippen molar-refractivity contribution in [3.05, 3.63) is 72.8 Å². The fourth-order valence-electron chi connectivity index (χ4n) is 2.80. The number of nitrogens with zero attached hydrogens (tertiary/aromatic N) is 4. The van der Waals surface area contributed by atoms with E-state index in [1.165, 1.54) is 18.3 Å². The van der Waals surface area contributed by atoms with Crippen LogP contribution in [0.15, 0.2) is 67.0 Å². The molecule has 4 rings (SSSR count). The zero-order chi connectivity index (χ0) is 18.8. The highest BCUT2D eigenvalue weighted by Gasteiger charge is 2.13. The maximum absolute atomic E-state index is 13.7. The molecular weight excluding hydrogens is 343 g/mol. The van der Waals surface area contributed by atoms with Crippen LogP contribution in [0.3, 0.4) is 0 Å². The number of hydrogen-bond donors (Lipinski definition) is 2. The summed E-state index contributed by atoms with van der Waals surface area (Å²) in [5, 5.41) is 8.11. The number of aromatic nitrogens is 4. The van der Waals surface area contributed by atoms with E-state index in [1.807, 2.05) is 24.3 Å². The second-order valence-corrected chi connectivity index (χ2v) is 5.94. The van der Waals surface area contributed by atoms with E-state index in [9.17, 15) is 4.39 Å². The number of benzene rings is 2. The summed E-state index contributed by atoms with van der Waals surface area (Å²) >= 11 is 0. The smallest absolute Gasteiger partial charge is 0.146 e. The van der Waals surface area contributed by atoms with Crippen molar-refractivity contribution in [1.29, 1.82) is 0 Å². The molecule has 132 valence electrons. The van der Waals surface area contributed by atoms with Gasteiger partial charge in [0.2, 0.25) is 0 Å². The number of hydrogen-bond acceptors (Lipinski definition) is 6. The van der Waals surface area contributed by atoms with E-state index in [0.29, 0.717) is 23.0 Å². The highest BCUT2D eigenvalue weighted by Crippen LogP contribution is 2.34. The molecule has 27 heavy (non-hydrogen) atoms. The molecule has 0 unspecified atom stereocenters. The normalized spacial score (nSPS) is 10.7. The van der Waals surface area contributed by atoms with Crippen LogP contribution >= 0.6 is 0 Å². The number of rotatable bonds is 3. The monoisotopic (exact) mass is 358 g/mol. The second kappa shape index (κ2) is 6.80. The Morgan fingerprint density at radius 1 is 0.667 bits per heavy atom. The summed E-state index contributed by atoms with van der Waals surface area (Å²) in [5.41, 5.74) is 15.7. The highest BCUT2D eigenvalue weighted by molar-refractivity contribution is 5.85. The molecule has 0 aliphatic carbocycles. The van der Waals surface area contributed by atoms with E-state index >= 15 is 0 Å². The Morgan fingerprint density at radius 2 is 1.56 bits per heavy atom. The molecule has 0 saturated heterocycles. The molecule has 2 heterocycles. The van der Waals surface area contributed by atoms with E-state index in [1.54, 1.807) is 24.4 Å². The van der Waals surface area contributed by atoms with Crippen molar-refractivity contribution >= 4 is 11.6 Å². The summed E-state index contributed by atoms with van der Waals surface area (Å²) in [6.45, 7) is 0. The first-order valence-electron chi connectivity index (χ1n) is 8.17. The maximum atomic E-state index is 13.7. The number of nitrogens with two attached hydrogens (primary N) is 2. The van der Waals surface area contributed by atoms with Gasteiger partial charge in [0.1, 0.15) is 17.5 Å². The van der Waals surface area contributed by atoms with Crippen molar-refractivity contribution in [2.75, 3.05) is 11.5 Å². The Kier molecular flexibility index (Phi) is 4.18. The minimum absolute atomic E-state index is 0.310. The SMILES string of the molecule is Nc1cnc(-c2ccc(-c3cccc(F)c3)c(-c3ccc(N)nn3)c2)cn1. The average molecular weight is 358 g/mol. The van der Waals surface area contributed by atoms with Crippen LogP contribution in [0, 0.1) is 5.82 Å². The first-order chi connectivity index (χ1) is 13.1. The van der Waals surface area contributed by atoms with Crippen LogP contribution in [0.2, 0.25) is 0 Å². The minimum atomic E-state index is -0.310. The molecule has 0 saturated carbocycles. The first-order valence-corrected chi connectivity index (χ1v) is 8.17. The fourth-order valence-corrected chi connectivity index (χ4v) is 2.80. The van der Waals surface area contributed by atoms with Crippen LogP contribution in [0.25, 0.3) is 33.6 Å². The Morgan fingerprint density at radius 3 is 2.26 bits per heavy atom. The van der Waals surface area contributed by atoms with Gasteiger partial charge in [-0.15, -0.1) is 10.2 Å². The Labute approximate surface area is 154 Å². The Hall–Kier alpha value is -3.87. The molecule has 0 aliphatic heterocycles. The van der Waals surface area contributed by atoms with Crippen LogP contribution in [-0.2, 0) is 0 Å². The molecule has 6 nitrogen and oxygen atoms in total. The largest absolute Gasteiger partial charge is 0.382 e. The van der Waals surface area contributed by atoms with Crippen molar-refractivity contribution < 1.29 is 4.39 Å². The van der Waals surface area contributed by atoms with Gasteiger partial charge in [0, 0.05) is 11.1 Å². The molecule has 7 heteroatoms. The van der Waals surface area contributed by atoms with Crippen molar-refractivity contribution in [3.8, 4) is 33.6 Å². The van der Waals surface area contributed by atoms with Gasteiger partial charge in [-0.05, 0) is 41.5 Å². The lowest BCUT2D eigenvalue weighted by atomic mass is 9.94. The van der Waals surface area contributed by atoms with E-state index < -0.39 is 0 Å². The Bertz CT molecular complexity index is 1090. The molecule has 0 atom stereocenters. The van der Waals surface area contributed by atoms with Crippen molar-refractivity contribution in [3.63, 3.8) is 0 Å². The molecule has 0 radical (unpaired) electrons. The van der Waals surface area contributed by atoms with Crippen LogP contribution in [0.1, 0.15) is 0 Å². The number of halogens is 1. The zero-order valence-electron chi connectivity index (χ0n) is 14.2. The van der Waals surface area contributed by atoms with Gasteiger partial charge in [-0.3, -0.25) is 4.98 Å². The third-order valence-electron chi connectivity index (χ3n) is 4.08. The molecule has 2 aromatic carbocycles. The predicted molar refractivity (Wildman–Crippen MR) is 103 cm³/mol. The summed E-state index contributed by atoms with van der Waals surface area (Å²) in [4.78, 5) is 8.39. The van der Waals surface area contributed by atoms with Crippen LogP contribution in [0.5, 0.6) is 0 Å². The summed E-state index contributed by atoms with van der Waals surface area (Å²) < 4.78 is 13.7. The van der Waals surface area contributed by atoms with Crippen LogP contribution in [0.4, 0.5) is 16.0 Å². The van der Waals surface area contributed by atoms with E-state index in [0.717, 1.165) is 22.3 Å². The van der Waals surface area contributed by atoms with E-state index in [4.69, 9.17) is 11.5 Å². The zero-order valence-corrected chi connectivity index (χ0v) is 14.2. The van der Waals surface area contributed by atoms with Gasteiger partial charge in [0.15, 0.2) is 0 Å². The predicted octanol–water partition coefficient (Wildman–Crippen LogP) is 3.57. The molecular formula is C20H15FN6. The third-order valence-corrected chi connectivity index (χ3v) is 4.08. The second-order valence-electron chi connectivity index (χ2n) is 5.94. The molecule has 0 amide bonds. The lowest BCUT2D eigenvalue weighted by Crippen LogP contribution is -1.96. The first kappa shape index (κ1) is 16.6. The molecule has 0 aliphatic rings. The van der Waals surface area contributed by atoms with E-state index in [-0.39, 0.29) is 5.82 Å². The topological polar surface area (TPSA) is 104 Å². The lowest BCUT2D eigenvalue weighted by Gasteiger charge is -2.12. The van der Waals surface area contributed by atoms with Crippen LogP contribution in [-0.4, -0.2) is 20.2 Å². The average Bonchev–Trinajstić information content (AvgIpc) is 2.69. The molecule has 4 aromatic rings. The molecule has 4 N–H and O–H groups in total. The summed E-state index contributed by atoms with van der Waals surface area (Å²) in [6.07, 6.45) is 3.10. The fraction of sp³-hybridized carbons (Fsp3) is 0. The van der Waals surface area contributed by atoms with Gasteiger partial charge in [-0.2, -0.15) is 0 Å². The molecule has 0 spiro atoms. The molecule has 0 fully saturated rings. The van der Waals surface area contributed by atoms with E-state index in [2.05, 4.69) is 20.2 Å². The van der Waals surface area contributed by atoms with Gasteiger partial charge in [0.05, 0.1) is 23.8 Å². The van der Waals surface area contributed by atoms with Crippen molar-refractivity contribution in [2.24, 2.45) is 0 Å². The summed E-state index contributed by atoms with van der Waals surface area (Å²) in [5.74, 6) is 0.363. The molecule has 2 aromatic heterocycles. The minimum Gasteiger partial charge on any atom is -0.382 e. The highest BCUT2D eigenvalue weighted by atomic mass is 19.1. The standard InChI is InChI=1S/C20H15FN6/c21-14-3-1-2-12(8-14)15-5-4-13(18-10-25-20(23)11-24-18)9-16(15)17-6-7-19(22)27-26-17/h1-11H,(H2,22,27)(H2,23,25). The van der Waals surface area contributed by atoms with Gasteiger partial charge in [-0.25, -0.2) is 9.37 Å². The third kappa shape index (κ3) is 3.43. The molecule has 0 bridgehead atoms.